The molecule has 168 valence electrons. The summed E-state index contributed by atoms with van der Waals surface area (Å²) < 4.78 is 7.29. The molecule has 2 N–H and O–H groups in total. The Morgan fingerprint density at radius 3 is 2.33 bits per heavy atom. The Balaban J connectivity index is 1.38. The van der Waals surface area contributed by atoms with E-state index in [4.69, 9.17) is 4.74 Å². The molecular formula is C27H29N5O. The Labute approximate surface area is 195 Å². The molecule has 33 heavy (non-hydrogen) atoms. The Morgan fingerprint density at radius 2 is 1.64 bits per heavy atom. The largest absolute Gasteiger partial charge is 0.497 e. The molecule has 4 rings (SSSR count). The van der Waals surface area contributed by atoms with Gasteiger partial charge in [-0.2, -0.15) is 0 Å². The predicted molar refractivity (Wildman–Crippen MR) is 133 cm³/mol. The highest BCUT2D eigenvalue weighted by Crippen LogP contribution is 2.24. The quantitative estimate of drug-likeness (QED) is 0.314. The maximum Gasteiger partial charge on any atom is 0.191 e. The maximum absolute atomic E-state index is 5.22. The second-order valence-corrected chi connectivity index (χ2v) is 7.72. The van der Waals surface area contributed by atoms with Crippen molar-refractivity contribution in [3.8, 4) is 16.9 Å². The van der Waals surface area contributed by atoms with Crippen molar-refractivity contribution in [2.75, 3.05) is 14.2 Å². The summed E-state index contributed by atoms with van der Waals surface area (Å²) in [5, 5.41) is 6.81. The van der Waals surface area contributed by atoms with Crippen LogP contribution in [0.15, 0.2) is 96.5 Å². The highest BCUT2D eigenvalue weighted by atomic mass is 16.5. The number of nitrogens with one attached hydrogen (secondary N) is 2. The van der Waals surface area contributed by atoms with Crippen molar-refractivity contribution in [1.82, 2.24) is 20.2 Å². The number of aliphatic imine (C=N–C) groups is 1. The summed E-state index contributed by atoms with van der Waals surface area (Å²) in [6.45, 7) is 2.18. The lowest BCUT2D eigenvalue weighted by molar-refractivity contribution is 0.414. The number of hydrogen-bond donors (Lipinski definition) is 2. The first kappa shape index (κ1) is 22.1. The van der Waals surface area contributed by atoms with E-state index in [9.17, 15) is 0 Å². The van der Waals surface area contributed by atoms with Crippen LogP contribution in [0.1, 0.15) is 16.7 Å². The molecule has 3 aromatic carbocycles. The average molecular weight is 440 g/mol. The minimum Gasteiger partial charge on any atom is -0.497 e. The standard InChI is InChI=1S/C27H29N5O/c1-28-27(30-17-21-9-13-25(33-2)14-10-21)31-18-24-5-3-4-6-26(24)23-11-7-22(8-12-23)19-32-16-15-29-20-32/h3-16,20H,17-19H2,1-2H3,(H2,28,30,31). The molecule has 0 saturated carbocycles. The van der Waals surface area contributed by atoms with Gasteiger partial charge in [0.15, 0.2) is 5.96 Å². The van der Waals surface area contributed by atoms with Crippen molar-refractivity contribution in [2.45, 2.75) is 19.6 Å². The number of rotatable bonds is 8. The number of nitrogens with zero attached hydrogens (tertiary/aromatic N) is 3. The van der Waals surface area contributed by atoms with Crippen LogP contribution in [0.3, 0.4) is 0 Å². The summed E-state index contributed by atoms with van der Waals surface area (Å²) in [4.78, 5) is 8.47. The highest BCUT2D eigenvalue weighted by Gasteiger charge is 2.07. The highest BCUT2D eigenvalue weighted by molar-refractivity contribution is 5.80. The molecular weight excluding hydrogens is 410 g/mol. The second kappa shape index (κ2) is 11.0. The molecule has 0 aliphatic carbocycles. The first-order valence-corrected chi connectivity index (χ1v) is 11.0. The van der Waals surface area contributed by atoms with Gasteiger partial charge in [0.25, 0.3) is 0 Å². The molecule has 0 fully saturated rings. The Morgan fingerprint density at radius 1 is 0.909 bits per heavy atom. The summed E-state index contributed by atoms with van der Waals surface area (Å²) in [7, 11) is 3.46. The van der Waals surface area contributed by atoms with Gasteiger partial charge in [-0.1, -0.05) is 60.7 Å². The SMILES string of the molecule is CN=C(NCc1ccc(OC)cc1)NCc1ccccc1-c1ccc(Cn2ccnc2)cc1. The summed E-state index contributed by atoms with van der Waals surface area (Å²) in [5.74, 6) is 1.61. The van der Waals surface area contributed by atoms with Gasteiger partial charge in [-0.15, -0.1) is 0 Å². The first-order chi connectivity index (χ1) is 16.2. The number of hydrogen-bond acceptors (Lipinski definition) is 3. The molecule has 0 unspecified atom stereocenters. The number of aromatic nitrogens is 2. The second-order valence-electron chi connectivity index (χ2n) is 7.72. The third-order valence-corrected chi connectivity index (χ3v) is 5.50. The number of guanidine groups is 1. The lowest BCUT2D eigenvalue weighted by Gasteiger charge is -2.15. The summed E-state index contributed by atoms with van der Waals surface area (Å²) >= 11 is 0. The number of methoxy groups -OCH3 is 1. The van der Waals surface area contributed by atoms with Crippen LogP contribution in [0.5, 0.6) is 5.75 Å². The minimum absolute atomic E-state index is 0.676. The van der Waals surface area contributed by atoms with Gasteiger partial charge in [-0.25, -0.2) is 4.98 Å². The molecule has 0 bridgehead atoms. The van der Waals surface area contributed by atoms with Crippen LogP contribution in [-0.2, 0) is 19.6 Å². The Kier molecular flexibility index (Phi) is 7.38. The lowest BCUT2D eigenvalue weighted by Crippen LogP contribution is -2.36. The van der Waals surface area contributed by atoms with Crippen molar-refractivity contribution in [3.63, 3.8) is 0 Å². The lowest BCUT2D eigenvalue weighted by atomic mass is 9.98. The van der Waals surface area contributed by atoms with Gasteiger partial charge < -0.3 is 19.9 Å². The van der Waals surface area contributed by atoms with Gasteiger partial charge in [-0.05, 0) is 39.9 Å². The molecule has 0 radical (unpaired) electrons. The molecule has 0 atom stereocenters. The van der Waals surface area contributed by atoms with E-state index in [2.05, 4.69) is 73.7 Å². The zero-order valence-corrected chi connectivity index (χ0v) is 19.0. The van der Waals surface area contributed by atoms with Crippen molar-refractivity contribution >= 4 is 5.96 Å². The van der Waals surface area contributed by atoms with Crippen LogP contribution in [0, 0.1) is 0 Å². The van der Waals surface area contributed by atoms with E-state index in [1.807, 2.05) is 36.8 Å². The van der Waals surface area contributed by atoms with Gasteiger partial charge in [0, 0.05) is 39.1 Å². The predicted octanol–water partition coefficient (Wildman–Crippen LogP) is 4.47. The minimum atomic E-state index is 0.676. The number of ether oxygens (including phenoxy) is 1. The van der Waals surface area contributed by atoms with Crippen LogP contribution >= 0.6 is 0 Å². The molecule has 1 aromatic heterocycles. The van der Waals surface area contributed by atoms with Crippen LogP contribution in [0.4, 0.5) is 0 Å². The summed E-state index contributed by atoms with van der Waals surface area (Å²) in [6, 6.07) is 25.2. The maximum atomic E-state index is 5.22. The van der Waals surface area contributed by atoms with Gasteiger partial charge in [-0.3, -0.25) is 4.99 Å². The third kappa shape index (κ3) is 6.01. The van der Waals surface area contributed by atoms with Gasteiger partial charge in [0.2, 0.25) is 0 Å². The molecule has 0 saturated heterocycles. The van der Waals surface area contributed by atoms with Crippen molar-refractivity contribution < 1.29 is 4.74 Å². The van der Waals surface area contributed by atoms with Gasteiger partial charge in [0.1, 0.15) is 5.75 Å². The smallest absolute Gasteiger partial charge is 0.191 e. The van der Waals surface area contributed by atoms with Crippen LogP contribution in [-0.4, -0.2) is 29.7 Å². The third-order valence-electron chi connectivity index (χ3n) is 5.50. The fraction of sp³-hybridized carbons (Fsp3) is 0.185. The fourth-order valence-electron chi connectivity index (χ4n) is 3.67. The fourth-order valence-corrected chi connectivity index (χ4v) is 3.67. The average Bonchev–Trinajstić information content (AvgIpc) is 3.38. The topological polar surface area (TPSA) is 63.5 Å². The van der Waals surface area contributed by atoms with Crippen molar-refractivity contribution in [2.24, 2.45) is 4.99 Å². The van der Waals surface area contributed by atoms with E-state index in [1.54, 1.807) is 20.4 Å². The molecule has 0 aliphatic heterocycles. The van der Waals surface area contributed by atoms with E-state index in [-0.39, 0.29) is 0 Å². The number of benzene rings is 3. The molecule has 6 nitrogen and oxygen atoms in total. The monoisotopic (exact) mass is 439 g/mol. The Bertz CT molecular complexity index is 1170. The molecule has 6 heteroatoms. The molecule has 0 spiro atoms. The summed E-state index contributed by atoms with van der Waals surface area (Å²) in [5.41, 5.74) is 6.03. The van der Waals surface area contributed by atoms with E-state index < -0.39 is 0 Å². The van der Waals surface area contributed by atoms with E-state index >= 15 is 0 Å². The van der Waals surface area contributed by atoms with Crippen molar-refractivity contribution in [3.05, 3.63) is 108 Å². The molecule has 0 amide bonds. The van der Waals surface area contributed by atoms with Gasteiger partial charge in [0.05, 0.1) is 13.4 Å². The Hall–Kier alpha value is -4.06. The number of imidazole rings is 1. The molecule has 1 heterocycles. The molecule has 4 aromatic rings. The zero-order valence-electron chi connectivity index (χ0n) is 19.0. The van der Waals surface area contributed by atoms with E-state index in [0.29, 0.717) is 13.1 Å². The summed E-state index contributed by atoms with van der Waals surface area (Å²) in [6.07, 6.45) is 5.62. The van der Waals surface area contributed by atoms with Crippen LogP contribution in [0.25, 0.3) is 11.1 Å². The van der Waals surface area contributed by atoms with E-state index in [1.165, 1.54) is 22.3 Å². The normalized spacial score (nSPS) is 11.3. The van der Waals surface area contributed by atoms with Gasteiger partial charge >= 0.3 is 0 Å². The van der Waals surface area contributed by atoms with E-state index in [0.717, 1.165) is 23.8 Å². The molecule has 0 aliphatic rings. The zero-order chi connectivity index (χ0) is 22.9. The van der Waals surface area contributed by atoms with Crippen LogP contribution < -0.4 is 15.4 Å². The van der Waals surface area contributed by atoms with Crippen LogP contribution in [0.2, 0.25) is 0 Å². The first-order valence-electron chi connectivity index (χ1n) is 11.0. The van der Waals surface area contributed by atoms with Crippen molar-refractivity contribution in [1.29, 1.82) is 0 Å².